The van der Waals surface area contributed by atoms with Gasteiger partial charge < -0.3 is 14.6 Å². The number of carbonyl (C=O) groups excluding carboxylic acids is 2. The Hall–Kier alpha value is -4.27. The molecule has 0 bridgehead atoms. The molecular weight excluding hydrogens is 417 g/mol. The maximum atomic E-state index is 13.1. The van der Waals surface area contributed by atoms with Gasteiger partial charge in [0.15, 0.2) is 5.65 Å². The number of carbonyl (C=O) groups is 2. The molecule has 4 rings (SSSR count). The van der Waals surface area contributed by atoms with Crippen LogP contribution in [0.25, 0.3) is 5.65 Å². The van der Waals surface area contributed by atoms with E-state index >= 15 is 0 Å². The number of esters is 1. The third kappa shape index (κ3) is 4.41. The number of hydrogen-bond acceptors (Lipinski definition) is 6. The summed E-state index contributed by atoms with van der Waals surface area (Å²) in [5.74, 6) is -1.00. The van der Waals surface area contributed by atoms with Gasteiger partial charge in [0.1, 0.15) is 18.2 Å². The van der Waals surface area contributed by atoms with Crippen LogP contribution in [0.4, 0.5) is 10.1 Å². The molecule has 0 aliphatic heterocycles. The number of amides is 1. The number of benzene rings is 2. The molecule has 0 aliphatic carbocycles. The van der Waals surface area contributed by atoms with Crippen LogP contribution in [0.1, 0.15) is 37.7 Å². The minimum absolute atomic E-state index is 0.208. The number of halogens is 1. The summed E-state index contributed by atoms with van der Waals surface area (Å²) in [7, 11) is 0. The van der Waals surface area contributed by atoms with Crippen LogP contribution in [0.2, 0.25) is 0 Å². The second kappa shape index (κ2) is 8.46. The SMILES string of the molecule is Cc1cc2nc(COC(=O)c3ccc(C)c(NC(=O)c4ccc(F)cc4)c3)cc(=O)n2o1. The van der Waals surface area contributed by atoms with Gasteiger partial charge in [0.05, 0.1) is 11.3 Å². The lowest BCUT2D eigenvalue weighted by molar-refractivity contribution is 0.0467. The number of rotatable bonds is 5. The van der Waals surface area contributed by atoms with Crippen LogP contribution in [0.15, 0.2) is 63.9 Å². The lowest BCUT2D eigenvalue weighted by Crippen LogP contribution is -2.15. The smallest absolute Gasteiger partial charge is 0.338 e. The topological polar surface area (TPSA) is 103 Å². The van der Waals surface area contributed by atoms with Gasteiger partial charge in [-0.25, -0.2) is 14.2 Å². The molecule has 0 spiro atoms. The highest BCUT2D eigenvalue weighted by Crippen LogP contribution is 2.19. The van der Waals surface area contributed by atoms with E-state index in [-0.39, 0.29) is 23.4 Å². The predicted octanol–water partition coefficient (Wildman–Crippen LogP) is 3.65. The van der Waals surface area contributed by atoms with Crippen LogP contribution < -0.4 is 10.9 Å². The maximum absolute atomic E-state index is 13.1. The van der Waals surface area contributed by atoms with Gasteiger partial charge in [-0.15, -0.1) is 4.57 Å². The fourth-order valence-electron chi connectivity index (χ4n) is 3.05. The molecule has 0 atom stereocenters. The van der Waals surface area contributed by atoms with Crippen molar-refractivity contribution in [1.29, 1.82) is 0 Å². The van der Waals surface area contributed by atoms with E-state index < -0.39 is 23.3 Å². The summed E-state index contributed by atoms with van der Waals surface area (Å²) in [6.07, 6.45) is 0. The Labute approximate surface area is 181 Å². The van der Waals surface area contributed by atoms with Crippen molar-refractivity contribution in [3.63, 3.8) is 0 Å². The molecule has 2 heterocycles. The lowest BCUT2D eigenvalue weighted by Gasteiger charge is -2.11. The quantitative estimate of drug-likeness (QED) is 0.480. The number of ether oxygens (including phenoxy) is 1. The normalized spacial score (nSPS) is 10.8. The summed E-state index contributed by atoms with van der Waals surface area (Å²) in [5.41, 5.74) is 1.81. The van der Waals surface area contributed by atoms with Crippen LogP contribution in [0.3, 0.4) is 0 Å². The first-order valence-electron chi connectivity index (χ1n) is 9.64. The van der Waals surface area contributed by atoms with Crippen LogP contribution in [-0.4, -0.2) is 21.4 Å². The molecule has 1 amide bonds. The zero-order valence-corrected chi connectivity index (χ0v) is 17.2. The second-order valence-corrected chi connectivity index (χ2v) is 7.15. The molecule has 2 aromatic heterocycles. The average Bonchev–Trinajstić information content (AvgIpc) is 3.15. The Morgan fingerprint density at radius 1 is 1.06 bits per heavy atom. The fourth-order valence-corrected chi connectivity index (χ4v) is 3.05. The van der Waals surface area contributed by atoms with Crippen molar-refractivity contribution in [2.45, 2.75) is 20.5 Å². The third-order valence-electron chi connectivity index (χ3n) is 4.70. The minimum Gasteiger partial charge on any atom is -0.456 e. The van der Waals surface area contributed by atoms with Gasteiger partial charge in [0, 0.05) is 23.4 Å². The molecule has 4 aromatic rings. The van der Waals surface area contributed by atoms with Crippen molar-refractivity contribution in [2.24, 2.45) is 0 Å². The van der Waals surface area contributed by atoms with Gasteiger partial charge in [0.25, 0.3) is 11.5 Å². The first-order valence-corrected chi connectivity index (χ1v) is 9.64. The molecule has 8 nitrogen and oxygen atoms in total. The summed E-state index contributed by atoms with van der Waals surface area (Å²) in [4.78, 5) is 41.3. The van der Waals surface area contributed by atoms with Crippen molar-refractivity contribution >= 4 is 23.2 Å². The van der Waals surface area contributed by atoms with Crippen molar-refractivity contribution in [3.8, 4) is 0 Å². The number of nitrogens with zero attached hydrogens (tertiary/aromatic N) is 2. The Morgan fingerprint density at radius 2 is 1.78 bits per heavy atom. The molecule has 0 unspecified atom stereocenters. The van der Waals surface area contributed by atoms with Crippen LogP contribution >= 0.6 is 0 Å². The Bertz CT molecular complexity index is 1390. The number of fused-ring (bicyclic) bond motifs is 1. The van der Waals surface area contributed by atoms with Crippen molar-refractivity contribution < 1.29 is 23.2 Å². The molecule has 0 aliphatic rings. The van der Waals surface area contributed by atoms with E-state index in [0.29, 0.717) is 17.1 Å². The highest BCUT2D eigenvalue weighted by atomic mass is 19.1. The van der Waals surface area contributed by atoms with Crippen molar-refractivity contribution in [2.75, 3.05) is 5.32 Å². The maximum Gasteiger partial charge on any atom is 0.338 e. The summed E-state index contributed by atoms with van der Waals surface area (Å²) < 4.78 is 24.6. The van der Waals surface area contributed by atoms with Gasteiger partial charge in [-0.1, -0.05) is 6.07 Å². The van der Waals surface area contributed by atoms with Crippen LogP contribution in [0.5, 0.6) is 0 Å². The summed E-state index contributed by atoms with van der Waals surface area (Å²) in [5, 5.41) is 2.71. The Morgan fingerprint density at radius 3 is 2.53 bits per heavy atom. The number of anilines is 1. The molecule has 2 aromatic carbocycles. The van der Waals surface area contributed by atoms with Crippen LogP contribution in [0, 0.1) is 19.7 Å². The van der Waals surface area contributed by atoms with Gasteiger partial charge in [-0.05, 0) is 55.8 Å². The van der Waals surface area contributed by atoms with Crippen LogP contribution in [-0.2, 0) is 11.3 Å². The van der Waals surface area contributed by atoms with E-state index in [4.69, 9.17) is 9.26 Å². The zero-order chi connectivity index (χ0) is 22.8. The van der Waals surface area contributed by atoms with E-state index in [1.807, 2.05) is 0 Å². The monoisotopic (exact) mass is 435 g/mol. The molecule has 0 saturated carbocycles. The van der Waals surface area contributed by atoms with E-state index in [1.54, 1.807) is 32.0 Å². The third-order valence-corrected chi connectivity index (χ3v) is 4.70. The Balaban J connectivity index is 1.47. The molecule has 32 heavy (non-hydrogen) atoms. The molecule has 162 valence electrons. The summed E-state index contributed by atoms with van der Waals surface area (Å²) >= 11 is 0. The molecule has 1 N–H and O–H groups in total. The molecule has 0 fully saturated rings. The number of aromatic nitrogens is 2. The highest BCUT2D eigenvalue weighted by molar-refractivity contribution is 6.05. The summed E-state index contributed by atoms with van der Waals surface area (Å²) in [6, 6.07) is 12.7. The zero-order valence-electron chi connectivity index (χ0n) is 17.2. The van der Waals surface area contributed by atoms with Gasteiger partial charge in [-0.2, -0.15) is 0 Å². The molecular formula is C23H18FN3O5. The lowest BCUT2D eigenvalue weighted by atomic mass is 10.1. The molecule has 0 saturated heterocycles. The first kappa shape index (κ1) is 21.0. The largest absolute Gasteiger partial charge is 0.456 e. The number of aryl methyl sites for hydroxylation is 2. The minimum atomic E-state index is -0.646. The number of nitrogens with one attached hydrogen (secondary N) is 1. The predicted molar refractivity (Wildman–Crippen MR) is 113 cm³/mol. The number of hydrogen-bond donors (Lipinski definition) is 1. The average molecular weight is 435 g/mol. The second-order valence-electron chi connectivity index (χ2n) is 7.15. The van der Waals surface area contributed by atoms with E-state index in [0.717, 1.165) is 10.1 Å². The van der Waals surface area contributed by atoms with Crippen molar-refractivity contribution in [1.82, 2.24) is 9.56 Å². The standard InChI is InChI=1S/C23H18FN3O5/c1-13-3-4-16(10-19(13)26-22(29)15-5-7-17(24)8-6-15)23(30)31-12-18-11-21(28)27-20(25-18)9-14(2)32-27/h3-11H,12H2,1-2H3,(H,26,29). The van der Waals surface area contributed by atoms with Gasteiger partial charge in [0.2, 0.25) is 0 Å². The fraction of sp³-hybridized carbons (Fsp3) is 0.130. The van der Waals surface area contributed by atoms with Gasteiger partial charge >= 0.3 is 5.97 Å². The van der Waals surface area contributed by atoms with Gasteiger partial charge in [-0.3, -0.25) is 9.59 Å². The van der Waals surface area contributed by atoms with E-state index in [1.165, 1.54) is 36.4 Å². The first-order chi connectivity index (χ1) is 15.3. The van der Waals surface area contributed by atoms with E-state index in [2.05, 4.69) is 10.3 Å². The van der Waals surface area contributed by atoms with Crippen molar-refractivity contribution in [3.05, 3.63) is 98.9 Å². The highest BCUT2D eigenvalue weighted by Gasteiger charge is 2.14. The Kier molecular flexibility index (Phi) is 5.55. The van der Waals surface area contributed by atoms with E-state index in [9.17, 15) is 18.8 Å². The summed E-state index contributed by atoms with van der Waals surface area (Å²) in [6.45, 7) is 3.26. The molecule has 9 heteroatoms. The molecule has 0 radical (unpaired) electrons.